The molecule has 3 nitrogen and oxygen atoms in total. The Morgan fingerprint density at radius 3 is 1.59 bits per heavy atom. The second-order valence-corrected chi connectivity index (χ2v) is 14.1. The number of rotatable bonds is 4. The number of hydrogen-bond acceptors (Lipinski definition) is 4. The van der Waals surface area contributed by atoms with Crippen LogP contribution in [0.15, 0.2) is 188 Å². The quantitative estimate of drug-likeness (QED) is 0.171. The maximum absolute atomic E-state index is 8.00. The van der Waals surface area contributed by atoms with Crippen LogP contribution in [-0.2, 0) is 4.79 Å². The van der Waals surface area contributed by atoms with Crippen molar-refractivity contribution < 1.29 is 4.79 Å². The molecule has 0 radical (unpaired) electrons. The maximum atomic E-state index is 8.00. The minimum atomic E-state index is 0.927. The molecular formula is C50H36N2OS. The summed E-state index contributed by atoms with van der Waals surface area (Å²) < 4.78 is 2.57. The average Bonchev–Trinajstić information content (AvgIpc) is 3.63. The molecule has 10 rings (SSSR count). The van der Waals surface area contributed by atoms with Crippen LogP contribution in [0.1, 0.15) is 5.56 Å². The first-order chi connectivity index (χ1) is 26.7. The molecule has 0 aliphatic heterocycles. The number of fused-ring (bicyclic) bond motifs is 6. The van der Waals surface area contributed by atoms with Crippen LogP contribution < -0.4 is 0 Å². The molecule has 3 aromatic heterocycles. The Morgan fingerprint density at radius 1 is 0.426 bits per heavy atom. The normalized spacial score (nSPS) is 10.8. The number of hydrogen-bond donors (Lipinski definition) is 0. The zero-order valence-electron chi connectivity index (χ0n) is 29.8. The molecule has 10 aromatic rings. The topological polar surface area (TPSA) is 42.9 Å². The summed E-state index contributed by atoms with van der Waals surface area (Å²) in [6, 6.07) is 66.4. The molecule has 0 aliphatic rings. The fourth-order valence-corrected chi connectivity index (χ4v) is 8.07. The molecule has 0 fully saturated rings. The van der Waals surface area contributed by atoms with Crippen molar-refractivity contribution in [3.8, 4) is 44.8 Å². The summed E-state index contributed by atoms with van der Waals surface area (Å²) in [6.45, 7) is 4.08. The summed E-state index contributed by atoms with van der Waals surface area (Å²) in [7, 11) is 0. The van der Waals surface area contributed by atoms with Gasteiger partial charge in [0.05, 0.1) is 22.4 Å². The number of carbonyl (C=O) groups excluding carboxylic acids is 1. The lowest BCUT2D eigenvalue weighted by Crippen LogP contribution is -1.91. The number of aromatic nitrogens is 2. The van der Waals surface area contributed by atoms with Crippen LogP contribution in [0.4, 0.5) is 0 Å². The van der Waals surface area contributed by atoms with Gasteiger partial charge in [0.1, 0.15) is 6.79 Å². The van der Waals surface area contributed by atoms with Crippen LogP contribution in [0.25, 0.3) is 86.7 Å². The molecule has 3 heterocycles. The molecule has 0 saturated heterocycles. The van der Waals surface area contributed by atoms with E-state index < -0.39 is 0 Å². The van der Waals surface area contributed by atoms with Crippen LogP contribution in [0, 0.1) is 6.92 Å². The smallest absolute Gasteiger partial charge is 0.106 e. The number of carbonyl (C=O) groups is 1. The molecule has 0 spiro atoms. The standard InChI is InChI=1S/C42H26N2S.C7H8.CH2O/c1-3-9-27(10-4-1)31-13-7-14-32(25-31)34-15-8-16-39-40(34)35-26-33(21-24-38(35)45-39)37-23-20-30-18-17-29-19-22-36(28-11-5-2-6-12-28)43-41(29)42(30)44-37;1-7-5-3-2-4-6-7;1-2/h1-26H;2-6H,1H3;1H2. The van der Waals surface area contributed by atoms with E-state index in [1.165, 1.54) is 48.0 Å². The first-order valence-corrected chi connectivity index (χ1v) is 18.7. The van der Waals surface area contributed by atoms with Crippen LogP contribution in [-0.4, -0.2) is 16.8 Å². The molecule has 0 aliphatic carbocycles. The third-order valence-corrected chi connectivity index (χ3v) is 10.7. The van der Waals surface area contributed by atoms with Gasteiger partial charge in [-0.25, -0.2) is 9.97 Å². The number of benzene rings is 7. The molecule has 0 N–H and O–H groups in total. The van der Waals surface area contributed by atoms with E-state index in [1.54, 1.807) is 0 Å². The Bertz CT molecular complexity index is 2870. The molecule has 0 bridgehead atoms. The van der Waals surface area contributed by atoms with Crippen LogP contribution in [0.3, 0.4) is 0 Å². The number of aryl methyl sites for hydroxylation is 1. The van der Waals surface area contributed by atoms with Crippen molar-refractivity contribution in [2.45, 2.75) is 6.92 Å². The van der Waals surface area contributed by atoms with Crippen molar-refractivity contribution in [1.29, 1.82) is 0 Å². The predicted octanol–water partition coefficient (Wildman–Crippen LogP) is 13.6. The zero-order chi connectivity index (χ0) is 36.9. The Kier molecular flexibility index (Phi) is 9.84. The minimum absolute atomic E-state index is 0.927. The maximum Gasteiger partial charge on any atom is 0.106 e. The lowest BCUT2D eigenvalue weighted by molar-refractivity contribution is -0.0980. The highest BCUT2D eigenvalue weighted by Gasteiger charge is 2.14. The predicted molar refractivity (Wildman–Crippen MR) is 230 cm³/mol. The van der Waals surface area contributed by atoms with Crippen LogP contribution >= 0.6 is 11.3 Å². The Balaban J connectivity index is 0.000000411. The molecule has 0 atom stereocenters. The Hall–Kier alpha value is -6.75. The van der Waals surface area contributed by atoms with Crippen molar-refractivity contribution >= 4 is 60.1 Å². The minimum Gasteiger partial charge on any atom is -0.307 e. The van der Waals surface area contributed by atoms with Gasteiger partial charge in [-0.3, -0.25) is 0 Å². The van der Waals surface area contributed by atoms with Crippen molar-refractivity contribution in [2.75, 3.05) is 0 Å². The second kappa shape index (κ2) is 15.5. The molecule has 258 valence electrons. The van der Waals surface area contributed by atoms with E-state index in [4.69, 9.17) is 14.8 Å². The van der Waals surface area contributed by atoms with E-state index in [0.717, 1.165) is 44.3 Å². The van der Waals surface area contributed by atoms with E-state index in [9.17, 15) is 0 Å². The summed E-state index contributed by atoms with van der Waals surface area (Å²) in [6.07, 6.45) is 0. The molecule has 54 heavy (non-hydrogen) atoms. The van der Waals surface area contributed by atoms with E-state index in [2.05, 4.69) is 171 Å². The fourth-order valence-electron chi connectivity index (χ4n) is 6.96. The van der Waals surface area contributed by atoms with Gasteiger partial charge in [0, 0.05) is 42.1 Å². The monoisotopic (exact) mass is 712 g/mol. The highest BCUT2D eigenvalue weighted by molar-refractivity contribution is 7.26. The molecule has 7 aromatic carbocycles. The largest absolute Gasteiger partial charge is 0.307 e. The van der Waals surface area contributed by atoms with E-state index in [-0.39, 0.29) is 0 Å². The summed E-state index contributed by atoms with van der Waals surface area (Å²) >= 11 is 1.85. The van der Waals surface area contributed by atoms with Gasteiger partial charge in [-0.15, -0.1) is 11.3 Å². The summed E-state index contributed by atoms with van der Waals surface area (Å²) in [5, 5.41) is 4.74. The first-order valence-electron chi connectivity index (χ1n) is 17.9. The van der Waals surface area contributed by atoms with Gasteiger partial charge in [-0.2, -0.15) is 0 Å². The van der Waals surface area contributed by atoms with Gasteiger partial charge in [0.2, 0.25) is 0 Å². The average molecular weight is 713 g/mol. The van der Waals surface area contributed by atoms with Crippen LogP contribution in [0.5, 0.6) is 0 Å². The Labute approximate surface area is 318 Å². The lowest BCUT2D eigenvalue weighted by Gasteiger charge is -2.09. The SMILES string of the molecule is C=O.Cc1ccccc1.c1ccc(-c2cccc(-c3cccc4sc5ccc(-c6ccc7ccc8ccc(-c9ccccc9)nc8c7n6)cc5c34)c2)cc1. The summed E-state index contributed by atoms with van der Waals surface area (Å²) in [5.41, 5.74) is 12.2. The molecule has 0 amide bonds. The second-order valence-electron chi connectivity index (χ2n) is 13.1. The van der Waals surface area contributed by atoms with E-state index in [1.807, 2.05) is 42.4 Å². The van der Waals surface area contributed by atoms with Crippen molar-refractivity contribution in [1.82, 2.24) is 9.97 Å². The zero-order valence-corrected chi connectivity index (χ0v) is 30.6. The molecule has 0 saturated carbocycles. The van der Waals surface area contributed by atoms with E-state index >= 15 is 0 Å². The van der Waals surface area contributed by atoms with Gasteiger partial charge in [-0.05, 0) is 65.6 Å². The lowest BCUT2D eigenvalue weighted by atomic mass is 9.95. The van der Waals surface area contributed by atoms with Gasteiger partial charge in [0.25, 0.3) is 0 Å². The summed E-state index contributed by atoms with van der Waals surface area (Å²) in [4.78, 5) is 18.4. The third kappa shape index (κ3) is 6.91. The molecule has 0 unspecified atom stereocenters. The van der Waals surface area contributed by atoms with Gasteiger partial charge >= 0.3 is 0 Å². The van der Waals surface area contributed by atoms with Gasteiger partial charge in [0.15, 0.2) is 0 Å². The number of pyridine rings is 2. The first kappa shape index (κ1) is 34.3. The third-order valence-electron chi connectivity index (χ3n) is 9.60. The highest BCUT2D eigenvalue weighted by Crippen LogP contribution is 2.42. The molecular weight excluding hydrogens is 677 g/mol. The Morgan fingerprint density at radius 2 is 0.963 bits per heavy atom. The van der Waals surface area contributed by atoms with E-state index in [0.29, 0.717) is 0 Å². The van der Waals surface area contributed by atoms with Gasteiger partial charge in [-0.1, -0.05) is 157 Å². The number of thiophene rings is 1. The van der Waals surface area contributed by atoms with Crippen molar-refractivity contribution in [2.24, 2.45) is 0 Å². The molecule has 4 heteroatoms. The summed E-state index contributed by atoms with van der Waals surface area (Å²) in [5.74, 6) is 0. The van der Waals surface area contributed by atoms with Crippen LogP contribution in [0.2, 0.25) is 0 Å². The highest BCUT2D eigenvalue weighted by atomic mass is 32.1. The number of nitrogens with zero attached hydrogens (tertiary/aromatic N) is 2. The fraction of sp³-hybridized carbons (Fsp3) is 0.0200. The van der Waals surface area contributed by atoms with Gasteiger partial charge < -0.3 is 4.79 Å². The van der Waals surface area contributed by atoms with Crippen molar-refractivity contribution in [3.05, 3.63) is 194 Å². The van der Waals surface area contributed by atoms with Crippen molar-refractivity contribution in [3.63, 3.8) is 0 Å².